The Morgan fingerprint density at radius 2 is 2.00 bits per heavy atom. The predicted octanol–water partition coefficient (Wildman–Crippen LogP) is 4.09. The number of hydrogen-bond donors (Lipinski definition) is 0. The molecule has 0 radical (unpaired) electrons. The van der Waals surface area contributed by atoms with E-state index in [2.05, 4.69) is 13.0 Å². The van der Waals surface area contributed by atoms with E-state index in [1.165, 1.54) is 37.7 Å². The molecule has 2 heteroatoms. The summed E-state index contributed by atoms with van der Waals surface area (Å²) >= 11 is 0. The summed E-state index contributed by atoms with van der Waals surface area (Å²) in [7, 11) is 1.67. The van der Waals surface area contributed by atoms with Gasteiger partial charge < -0.3 is 4.74 Å². The number of carbonyl (C=O) groups is 1. The fourth-order valence-corrected chi connectivity index (χ4v) is 3.04. The van der Waals surface area contributed by atoms with Crippen LogP contribution in [0.15, 0.2) is 18.2 Å². The maximum absolute atomic E-state index is 12.2. The first kappa shape index (κ1) is 14.1. The lowest BCUT2D eigenvalue weighted by atomic mass is 9.85. The van der Waals surface area contributed by atoms with Gasteiger partial charge in [0, 0.05) is 18.4 Å². The summed E-state index contributed by atoms with van der Waals surface area (Å²) in [6, 6.07) is 6.05. The SMILES string of the molecule is COc1ccc(C)cc1CC(=O)CC1CCCCC1. The highest BCUT2D eigenvalue weighted by atomic mass is 16.5. The van der Waals surface area contributed by atoms with Gasteiger partial charge in [-0.25, -0.2) is 0 Å². The lowest BCUT2D eigenvalue weighted by molar-refractivity contribution is -0.119. The fraction of sp³-hybridized carbons (Fsp3) is 0.588. The predicted molar refractivity (Wildman–Crippen MR) is 77.6 cm³/mol. The van der Waals surface area contributed by atoms with Crippen LogP contribution in [0.2, 0.25) is 0 Å². The maximum atomic E-state index is 12.2. The van der Waals surface area contributed by atoms with Gasteiger partial charge in [-0.3, -0.25) is 4.79 Å². The molecule has 1 fully saturated rings. The van der Waals surface area contributed by atoms with E-state index in [4.69, 9.17) is 4.74 Å². The van der Waals surface area contributed by atoms with Gasteiger partial charge in [0.2, 0.25) is 0 Å². The number of rotatable bonds is 5. The van der Waals surface area contributed by atoms with Gasteiger partial charge in [0.25, 0.3) is 0 Å². The summed E-state index contributed by atoms with van der Waals surface area (Å²) < 4.78 is 5.34. The molecular formula is C17H24O2. The number of Topliss-reactive ketones (excluding diaryl/α,β-unsaturated/α-hetero) is 1. The molecule has 1 saturated carbocycles. The molecule has 0 aromatic heterocycles. The van der Waals surface area contributed by atoms with Crippen LogP contribution in [0.4, 0.5) is 0 Å². The van der Waals surface area contributed by atoms with E-state index >= 15 is 0 Å². The molecule has 2 nitrogen and oxygen atoms in total. The van der Waals surface area contributed by atoms with Crippen molar-refractivity contribution in [2.24, 2.45) is 5.92 Å². The highest BCUT2D eigenvalue weighted by Crippen LogP contribution is 2.28. The van der Waals surface area contributed by atoms with Crippen LogP contribution in [0.5, 0.6) is 5.75 Å². The smallest absolute Gasteiger partial charge is 0.137 e. The Kier molecular flexibility index (Phi) is 5.00. The molecule has 0 atom stereocenters. The van der Waals surface area contributed by atoms with E-state index < -0.39 is 0 Å². The molecule has 0 saturated heterocycles. The number of aryl methyl sites for hydroxylation is 1. The number of benzene rings is 1. The Hall–Kier alpha value is -1.31. The molecule has 104 valence electrons. The van der Waals surface area contributed by atoms with E-state index in [9.17, 15) is 4.79 Å². The van der Waals surface area contributed by atoms with Crippen LogP contribution in [-0.4, -0.2) is 12.9 Å². The van der Waals surface area contributed by atoms with Crippen molar-refractivity contribution in [3.05, 3.63) is 29.3 Å². The van der Waals surface area contributed by atoms with Crippen molar-refractivity contribution in [3.8, 4) is 5.75 Å². The standard InChI is InChI=1S/C17H24O2/c1-13-8-9-17(19-2)15(10-13)12-16(18)11-14-6-4-3-5-7-14/h8-10,14H,3-7,11-12H2,1-2H3. The zero-order valence-corrected chi connectivity index (χ0v) is 12.1. The second kappa shape index (κ2) is 6.74. The van der Waals surface area contributed by atoms with Gasteiger partial charge in [0.1, 0.15) is 11.5 Å². The molecule has 1 aromatic rings. The molecule has 0 spiro atoms. The summed E-state index contributed by atoms with van der Waals surface area (Å²) in [4.78, 5) is 12.2. The molecule has 19 heavy (non-hydrogen) atoms. The van der Waals surface area contributed by atoms with Crippen LogP contribution in [0.25, 0.3) is 0 Å². The minimum Gasteiger partial charge on any atom is -0.496 e. The van der Waals surface area contributed by atoms with Gasteiger partial charge >= 0.3 is 0 Å². The molecule has 1 aliphatic rings. The molecule has 0 N–H and O–H groups in total. The summed E-state index contributed by atoms with van der Waals surface area (Å²) in [5.41, 5.74) is 2.21. The largest absolute Gasteiger partial charge is 0.496 e. The number of hydrogen-bond acceptors (Lipinski definition) is 2. The van der Waals surface area contributed by atoms with Crippen LogP contribution in [0.1, 0.15) is 49.7 Å². The minimum atomic E-state index is 0.357. The Bertz CT molecular complexity index is 431. The number of carbonyl (C=O) groups excluding carboxylic acids is 1. The van der Waals surface area contributed by atoms with Crippen LogP contribution < -0.4 is 4.74 Å². The first-order valence-corrected chi connectivity index (χ1v) is 7.34. The fourth-order valence-electron chi connectivity index (χ4n) is 3.04. The maximum Gasteiger partial charge on any atom is 0.137 e. The minimum absolute atomic E-state index is 0.357. The highest BCUT2D eigenvalue weighted by molar-refractivity contribution is 5.81. The molecule has 2 rings (SSSR count). The number of methoxy groups -OCH3 is 1. The normalized spacial score (nSPS) is 16.3. The van der Waals surface area contributed by atoms with E-state index in [-0.39, 0.29) is 0 Å². The average Bonchev–Trinajstić information content (AvgIpc) is 2.40. The van der Waals surface area contributed by atoms with E-state index in [0.29, 0.717) is 18.1 Å². The van der Waals surface area contributed by atoms with Crippen molar-refractivity contribution in [1.29, 1.82) is 0 Å². The molecule has 1 aromatic carbocycles. The molecule has 0 amide bonds. The van der Waals surface area contributed by atoms with Crippen molar-refractivity contribution in [2.45, 2.75) is 51.9 Å². The zero-order valence-electron chi connectivity index (χ0n) is 12.1. The topological polar surface area (TPSA) is 26.3 Å². The van der Waals surface area contributed by atoms with Crippen molar-refractivity contribution in [3.63, 3.8) is 0 Å². The first-order chi connectivity index (χ1) is 9.19. The summed E-state index contributed by atoms with van der Waals surface area (Å²) in [5, 5.41) is 0. The van der Waals surface area contributed by atoms with Gasteiger partial charge in [0.15, 0.2) is 0 Å². The lowest BCUT2D eigenvalue weighted by Crippen LogP contribution is -2.14. The number of ketones is 1. The third-order valence-corrected chi connectivity index (χ3v) is 4.06. The quantitative estimate of drug-likeness (QED) is 0.797. The molecule has 0 bridgehead atoms. The summed E-state index contributed by atoms with van der Waals surface area (Å²) in [6.45, 7) is 2.05. The van der Waals surface area contributed by atoms with Crippen LogP contribution >= 0.6 is 0 Å². The summed E-state index contributed by atoms with van der Waals surface area (Å²) in [5.74, 6) is 1.82. The Morgan fingerprint density at radius 1 is 1.26 bits per heavy atom. The number of ether oxygens (including phenoxy) is 1. The van der Waals surface area contributed by atoms with Gasteiger partial charge in [0.05, 0.1) is 7.11 Å². The van der Waals surface area contributed by atoms with Crippen molar-refractivity contribution in [2.75, 3.05) is 7.11 Å². The van der Waals surface area contributed by atoms with E-state index in [0.717, 1.165) is 17.7 Å². The monoisotopic (exact) mass is 260 g/mol. The van der Waals surface area contributed by atoms with Crippen LogP contribution in [0, 0.1) is 12.8 Å². The Morgan fingerprint density at radius 3 is 2.68 bits per heavy atom. The second-order valence-electron chi connectivity index (χ2n) is 5.74. The zero-order chi connectivity index (χ0) is 13.7. The summed E-state index contributed by atoms with van der Waals surface area (Å²) in [6.07, 6.45) is 7.67. The van der Waals surface area contributed by atoms with Gasteiger partial charge in [-0.1, -0.05) is 49.8 Å². The Labute approximate surface area is 116 Å². The molecule has 0 heterocycles. The van der Waals surface area contributed by atoms with Crippen molar-refractivity contribution < 1.29 is 9.53 Å². The van der Waals surface area contributed by atoms with Gasteiger partial charge in [-0.05, 0) is 18.9 Å². The van der Waals surface area contributed by atoms with Crippen LogP contribution in [-0.2, 0) is 11.2 Å². The molecule has 0 unspecified atom stereocenters. The Balaban J connectivity index is 1.95. The second-order valence-corrected chi connectivity index (χ2v) is 5.74. The van der Waals surface area contributed by atoms with E-state index in [1.54, 1.807) is 7.11 Å². The van der Waals surface area contributed by atoms with Gasteiger partial charge in [-0.2, -0.15) is 0 Å². The molecular weight excluding hydrogens is 236 g/mol. The van der Waals surface area contributed by atoms with E-state index in [1.807, 2.05) is 12.1 Å². The third-order valence-electron chi connectivity index (χ3n) is 4.06. The highest BCUT2D eigenvalue weighted by Gasteiger charge is 2.18. The molecule has 1 aliphatic carbocycles. The third kappa shape index (κ3) is 4.09. The van der Waals surface area contributed by atoms with Crippen molar-refractivity contribution >= 4 is 5.78 Å². The van der Waals surface area contributed by atoms with Crippen molar-refractivity contribution in [1.82, 2.24) is 0 Å². The average molecular weight is 260 g/mol. The molecule has 0 aliphatic heterocycles. The van der Waals surface area contributed by atoms with Gasteiger partial charge in [-0.15, -0.1) is 0 Å². The van der Waals surface area contributed by atoms with Crippen LogP contribution in [0.3, 0.4) is 0 Å². The lowest BCUT2D eigenvalue weighted by Gasteiger charge is -2.20. The first-order valence-electron chi connectivity index (χ1n) is 7.34.